The molecule has 1 unspecified atom stereocenters. The van der Waals surface area contributed by atoms with Crippen molar-refractivity contribution in [3.05, 3.63) is 90.9 Å². The quantitative estimate of drug-likeness (QED) is 0.264. The van der Waals surface area contributed by atoms with Crippen molar-refractivity contribution in [3.63, 3.8) is 0 Å². The SMILES string of the molecule is O=C(NC(Cc1cc(Cl)c(Br)c([N+](=O)[O-])c1O)C(=O)O)OCC1c2ccccc2-c2ccccc21. The van der Waals surface area contributed by atoms with E-state index in [4.69, 9.17) is 16.3 Å². The van der Waals surface area contributed by atoms with Crippen LogP contribution in [0, 0.1) is 10.1 Å². The summed E-state index contributed by atoms with van der Waals surface area (Å²) >= 11 is 8.92. The second kappa shape index (κ2) is 9.93. The number of nitrogens with zero attached hydrogens (tertiary/aromatic N) is 1. The standard InChI is InChI=1S/C24H18BrClN2O7/c25-20-18(26)9-12(22(29)21(20)28(33)34)10-19(23(30)31)27-24(32)35-11-17-15-7-3-1-5-13(15)14-6-2-4-8-16(14)17/h1-9,17,19,29H,10-11H2,(H,27,32)(H,30,31). The summed E-state index contributed by atoms with van der Waals surface area (Å²) in [6.07, 6.45) is -1.43. The lowest BCUT2D eigenvalue weighted by molar-refractivity contribution is -0.386. The normalized spacial score (nSPS) is 13.0. The zero-order valence-electron chi connectivity index (χ0n) is 17.9. The number of carboxylic acid groups (broad SMARTS) is 1. The van der Waals surface area contributed by atoms with Gasteiger partial charge in [0.1, 0.15) is 17.1 Å². The molecule has 1 atom stereocenters. The van der Waals surface area contributed by atoms with Crippen molar-refractivity contribution in [2.75, 3.05) is 6.61 Å². The molecule has 0 fully saturated rings. The summed E-state index contributed by atoms with van der Waals surface area (Å²) < 4.78 is 5.24. The molecule has 180 valence electrons. The Balaban J connectivity index is 1.49. The molecule has 0 heterocycles. The fourth-order valence-corrected chi connectivity index (χ4v) is 4.85. The van der Waals surface area contributed by atoms with Crippen molar-refractivity contribution in [1.82, 2.24) is 5.32 Å². The Labute approximate surface area is 212 Å². The van der Waals surface area contributed by atoms with Crippen LogP contribution in [0.15, 0.2) is 59.1 Å². The number of phenolic OH excluding ortho intramolecular Hbond substituents is 1. The van der Waals surface area contributed by atoms with Crippen LogP contribution in [0.25, 0.3) is 11.1 Å². The molecule has 9 nitrogen and oxygen atoms in total. The number of rotatable bonds is 7. The third-order valence-corrected chi connectivity index (χ3v) is 7.12. The Morgan fingerprint density at radius 2 is 1.71 bits per heavy atom. The second-order valence-electron chi connectivity index (χ2n) is 7.85. The molecule has 0 saturated heterocycles. The highest BCUT2D eigenvalue weighted by Crippen LogP contribution is 2.45. The molecule has 0 aliphatic heterocycles. The molecular weight excluding hydrogens is 544 g/mol. The van der Waals surface area contributed by atoms with Gasteiger partial charge in [-0.1, -0.05) is 60.1 Å². The molecule has 0 saturated carbocycles. The molecular formula is C24H18BrClN2O7. The van der Waals surface area contributed by atoms with E-state index < -0.39 is 40.9 Å². The van der Waals surface area contributed by atoms with Gasteiger partial charge in [-0.2, -0.15) is 0 Å². The Hall–Kier alpha value is -3.63. The Bertz CT molecular complexity index is 1300. The van der Waals surface area contributed by atoms with Gasteiger partial charge in [-0.3, -0.25) is 10.1 Å². The molecule has 0 bridgehead atoms. The van der Waals surface area contributed by atoms with Crippen molar-refractivity contribution in [3.8, 4) is 16.9 Å². The molecule has 0 spiro atoms. The molecule has 11 heteroatoms. The number of fused-ring (bicyclic) bond motifs is 3. The Kier molecular flexibility index (Phi) is 6.95. The fraction of sp³-hybridized carbons (Fsp3) is 0.167. The third-order valence-electron chi connectivity index (χ3n) is 5.79. The van der Waals surface area contributed by atoms with Gasteiger partial charge in [0.15, 0.2) is 5.75 Å². The van der Waals surface area contributed by atoms with Gasteiger partial charge >= 0.3 is 17.7 Å². The monoisotopic (exact) mass is 560 g/mol. The number of hydrogen-bond donors (Lipinski definition) is 3. The summed E-state index contributed by atoms with van der Waals surface area (Å²) in [5.41, 5.74) is 3.28. The second-order valence-corrected chi connectivity index (χ2v) is 9.05. The molecule has 1 amide bonds. The van der Waals surface area contributed by atoms with Crippen molar-refractivity contribution < 1.29 is 29.5 Å². The number of benzene rings is 3. The van der Waals surface area contributed by atoms with E-state index in [2.05, 4.69) is 21.2 Å². The van der Waals surface area contributed by atoms with Crippen LogP contribution in [0.4, 0.5) is 10.5 Å². The summed E-state index contributed by atoms with van der Waals surface area (Å²) in [6.45, 7) is -0.0208. The van der Waals surface area contributed by atoms with Crippen LogP contribution in [0.3, 0.4) is 0 Å². The van der Waals surface area contributed by atoms with E-state index >= 15 is 0 Å². The first-order valence-electron chi connectivity index (χ1n) is 10.4. The maximum Gasteiger partial charge on any atom is 0.407 e. The predicted octanol–water partition coefficient (Wildman–Crippen LogP) is 5.25. The van der Waals surface area contributed by atoms with Crippen LogP contribution in [0.1, 0.15) is 22.6 Å². The zero-order valence-corrected chi connectivity index (χ0v) is 20.2. The summed E-state index contributed by atoms with van der Waals surface area (Å²) in [4.78, 5) is 34.7. The van der Waals surface area contributed by atoms with Gasteiger partial charge in [0.05, 0.1) is 9.95 Å². The minimum Gasteiger partial charge on any atom is -0.502 e. The number of ether oxygens (including phenoxy) is 1. The summed E-state index contributed by atoms with van der Waals surface area (Å²) in [5.74, 6) is -2.38. The smallest absolute Gasteiger partial charge is 0.407 e. The largest absolute Gasteiger partial charge is 0.502 e. The van der Waals surface area contributed by atoms with E-state index in [1.165, 1.54) is 6.07 Å². The number of hydrogen-bond acceptors (Lipinski definition) is 6. The van der Waals surface area contributed by atoms with Crippen LogP contribution in [0.2, 0.25) is 5.02 Å². The number of carbonyl (C=O) groups excluding carboxylic acids is 1. The Morgan fingerprint density at radius 3 is 2.26 bits per heavy atom. The lowest BCUT2D eigenvalue weighted by atomic mass is 9.98. The first kappa shape index (κ1) is 24.5. The van der Waals surface area contributed by atoms with E-state index in [1.54, 1.807) is 0 Å². The highest BCUT2D eigenvalue weighted by atomic mass is 79.9. The van der Waals surface area contributed by atoms with Gasteiger partial charge in [-0.15, -0.1) is 0 Å². The van der Waals surface area contributed by atoms with Crippen LogP contribution in [-0.2, 0) is 16.0 Å². The molecule has 3 N–H and O–H groups in total. The van der Waals surface area contributed by atoms with Crippen LogP contribution in [0.5, 0.6) is 5.75 Å². The highest BCUT2D eigenvalue weighted by molar-refractivity contribution is 9.10. The molecule has 0 radical (unpaired) electrons. The highest BCUT2D eigenvalue weighted by Gasteiger charge is 2.31. The molecule has 1 aliphatic carbocycles. The molecule has 0 aromatic heterocycles. The number of nitro groups is 1. The zero-order chi connectivity index (χ0) is 25.3. The van der Waals surface area contributed by atoms with E-state index in [-0.39, 0.29) is 27.6 Å². The van der Waals surface area contributed by atoms with Gasteiger partial charge < -0.3 is 20.3 Å². The van der Waals surface area contributed by atoms with Crippen LogP contribution in [-0.4, -0.2) is 39.8 Å². The molecule has 3 aromatic rings. The van der Waals surface area contributed by atoms with Crippen molar-refractivity contribution in [2.45, 2.75) is 18.4 Å². The number of amides is 1. The fourth-order valence-electron chi connectivity index (χ4n) is 4.18. The average molecular weight is 562 g/mol. The maximum atomic E-state index is 12.5. The molecule has 1 aliphatic rings. The summed E-state index contributed by atoms with van der Waals surface area (Å²) in [6, 6.07) is 15.2. The van der Waals surface area contributed by atoms with E-state index in [1.807, 2.05) is 48.5 Å². The number of nitro benzene ring substituents is 1. The van der Waals surface area contributed by atoms with Crippen LogP contribution >= 0.6 is 27.5 Å². The number of aliphatic carboxylic acids is 1. The van der Waals surface area contributed by atoms with Gasteiger partial charge in [0.2, 0.25) is 0 Å². The van der Waals surface area contributed by atoms with Crippen molar-refractivity contribution in [2.24, 2.45) is 0 Å². The number of phenols is 1. The van der Waals surface area contributed by atoms with Crippen LogP contribution < -0.4 is 5.32 Å². The molecule has 35 heavy (non-hydrogen) atoms. The predicted molar refractivity (Wildman–Crippen MR) is 131 cm³/mol. The number of carbonyl (C=O) groups is 2. The lowest BCUT2D eigenvalue weighted by Gasteiger charge is -2.18. The number of aromatic hydroxyl groups is 1. The summed E-state index contributed by atoms with van der Waals surface area (Å²) in [7, 11) is 0. The number of nitrogens with one attached hydrogen (secondary N) is 1. The molecule has 3 aromatic carbocycles. The first-order valence-corrected chi connectivity index (χ1v) is 11.5. The van der Waals surface area contributed by atoms with Crippen molar-refractivity contribution in [1.29, 1.82) is 0 Å². The van der Waals surface area contributed by atoms with Gasteiger partial charge in [0.25, 0.3) is 0 Å². The lowest BCUT2D eigenvalue weighted by Crippen LogP contribution is -2.43. The maximum absolute atomic E-state index is 12.5. The van der Waals surface area contributed by atoms with Gasteiger partial charge in [0, 0.05) is 17.9 Å². The minimum absolute atomic E-state index is 0.0208. The first-order chi connectivity index (χ1) is 16.7. The van der Waals surface area contributed by atoms with E-state index in [9.17, 15) is 29.9 Å². The topological polar surface area (TPSA) is 139 Å². The average Bonchev–Trinajstić information content (AvgIpc) is 3.14. The summed E-state index contributed by atoms with van der Waals surface area (Å²) in [5, 5.41) is 33.3. The third kappa shape index (κ3) is 4.80. The van der Waals surface area contributed by atoms with Gasteiger partial charge in [-0.25, -0.2) is 9.59 Å². The van der Waals surface area contributed by atoms with E-state index in [0.717, 1.165) is 22.3 Å². The minimum atomic E-state index is -1.53. The van der Waals surface area contributed by atoms with Crippen molar-refractivity contribution >= 4 is 45.3 Å². The number of halogens is 2. The Morgan fingerprint density at radius 1 is 1.14 bits per heavy atom. The number of carboxylic acids is 1. The van der Waals surface area contributed by atoms with Gasteiger partial charge in [-0.05, 0) is 44.3 Å². The molecule has 4 rings (SSSR count). The van der Waals surface area contributed by atoms with E-state index in [0.29, 0.717) is 0 Å². The number of alkyl carbamates (subject to hydrolysis) is 1.